The van der Waals surface area contributed by atoms with Gasteiger partial charge in [0.05, 0.1) is 10.4 Å². The first-order valence-electron chi connectivity index (χ1n) is 8.92. The van der Waals surface area contributed by atoms with Crippen molar-refractivity contribution in [3.05, 3.63) is 59.8 Å². The van der Waals surface area contributed by atoms with E-state index in [1.54, 1.807) is 37.4 Å². The molecule has 2 heterocycles. The van der Waals surface area contributed by atoms with Gasteiger partial charge >= 0.3 is 0 Å². The molecule has 0 atom stereocenters. The lowest BCUT2D eigenvalue weighted by Crippen LogP contribution is -2.03. The SMILES string of the molecule is Cc1ccc2c(Nc3ccnc(Nc4ccc(C)c(S(C)(=O)=O)c4)n3)n[nH]c2c1. The summed E-state index contributed by atoms with van der Waals surface area (Å²) in [5, 5.41) is 14.5. The van der Waals surface area contributed by atoms with Crippen molar-refractivity contribution in [3.63, 3.8) is 0 Å². The fourth-order valence-electron chi connectivity index (χ4n) is 3.04. The van der Waals surface area contributed by atoms with Gasteiger partial charge in [-0.1, -0.05) is 12.1 Å². The summed E-state index contributed by atoms with van der Waals surface area (Å²) in [6.07, 6.45) is 2.80. The highest BCUT2D eigenvalue weighted by molar-refractivity contribution is 7.90. The van der Waals surface area contributed by atoms with Crippen LogP contribution in [-0.2, 0) is 9.84 Å². The molecule has 0 unspecified atom stereocenters. The number of nitrogens with zero attached hydrogens (tertiary/aromatic N) is 3. The molecule has 4 aromatic rings. The molecule has 0 spiro atoms. The molecular formula is C20H20N6O2S. The van der Waals surface area contributed by atoms with Crippen molar-refractivity contribution in [1.29, 1.82) is 0 Å². The van der Waals surface area contributed by atoms with Gasteiger partial charge in [-0.15, -0.1) is 0 Å². The summed E-state index contributed by atoms with van der Waals surface area (Å²) in [5.41, 5.74) is 3.37. The molecule has 0 amide bonds. The van der Waals surface area contributed by atoms with E-state index in [1.165, 1.54) is 6.26 Å². The normalized spacial score (nSPS) is 11.6. The van der Waals surface area contributed by atoms with E-state index in [0.717, 1.165) is 16.5 Å². The van der Waals surface area contributed by atoms with Crippen molar-refractivity contribution >= 4 is 44.0 Å². The maximum atomic E-state index is 11.9. The molecule has 4 rings (SSSR count). The van der Waals surface area contributed by atoms with E-state index >= 15 is 0 Å². The summed E-state index contributed by atoms with van der Waals surface area (Å²) in [6.45, 7) is 3.78. The number of anilines is 4. The molecular weight excluding hydrogens is 388 g/mol. The Kier molecular flexibility index (Phi) is 4.67. The third-order valence-corrected chi connectivity index (χ3v) is 5.70. The highest BCUT2D eigenvalue weighted by atomic mass is 32.2. The van der Waals surface area contributed by atoms with Crippen molar-refractivity contribution in [2.45, 2.75) is 18.7 Å². The Labute approximate surface area is 168 Å². The zero-order valence-corrected chi connectivity index (χ0v) is 17.0. The Hall–Kier alpha value is -3.46. The van der Waals surface area contributed by atoms with Crippen LogP contribution in [0.1, 0.15) is 11.1 Å². The maximum absolute atomic E-state index is 11.9. The monoisotopic (exact) mass is 408 g/mol. The third kappa shape index (κ3) is 4.04. The fraction of sp³-hybridized carbons (Fsp3) is 0.150. The molecule has 0 saturated heterocycles. The molecule has 9 heteroatoms. The zero-order valence-electron chi connectivity index (χ0n) is 16.2. The van der Waals surface area contributed by atoms with E-state index < -0.39 is 9.84 Å². The molecule has 2 aromatic heterocycles. The highest BCUT2D eigenvalue weighted by Gasteiger charge is 2.12. The molecule has 3 N–H and O–H groups in total. The first-order chi connectivity index (χ1) is 13.8. The van der Waals surface area contributed by atoms with Crippen LogP contribution in [0.2, 0.25) is 0 Å². The van der Waals surface area contributed by atoms with Crippen LogP contribution in [-0.4, -0.2) is 34.8 Å². The van der Waals surface area contributed by atoms with Gasteiger partial charge in [-0.2, -0.15) is 10.1 Å². The number of aromatic nitrogens is 4. The molecule has 2 aromatic carbocycles. The summed E-state index contributed by atoms with van der Waals surface area (Å²) in [4.78, 5) is 8.93. The molecule has 148 valence electrons. The number of hydrogen-bond acceptors (Lipinski definition) is 7. The Morgan fingerprint density at radius 2 is 1.83 bits per heavy atom. The third-order valence-electron chi connectivity index (χ3n) is 4.46. The lowest BCUT2D eigenvalue weighted by Gasteiger charge is -2.10. The Bertz CT molecular complexity index is 1310. The van der Waals surface area contributed by atoms with E-state index in [-0.39, 0.29) is 4.90 Å². The van der Waals surface area contributed by atoms with Crippen molar-refractivity contribution in [2.75, 3.05) is 16.9 Å². The lowest BCUT2D eigenvalue weighted by molar-refractivity contribution is 0.601. The van der Waals surface area contributed by atoms with Gasteiger partial charge in [0.2, 0.25) is 5.95 Å². The Morgan fingerprint density at radius 3 is 2.62 bits per heavy atom. The molecule has 0 aliphatic heterocycles. The fourth-order valence-corrected chi connectivity index (χ4v) is 4.04. The highest BCUT2D eigenvalue weighted by Crippen LogP contribution is 2.25. The van der Waals surface area contributed by atoms with Crippen molar-refractivity contribution in [1.82, 2.24) is 20.2 Å². The summed E-state index contributed by atoms with van der Waals surface area (Å²) in [6, 6.07) is 12.9. The average molecular weight is 408 g/mol. The second-order valence-corrected chi connectivity index (χ2v) is 8.87. The second-order valence-electron chi connectivity index (χ2n) is 6.89. The minimum Gasteiger partial charge on any atom is -0.324 e. The van der Waals surface area contributed by atoms with E-state index in [9.17, 15) is 8.42 Å². The zero-order chi connectivity index (χ0) is 20.6. The molecule has 0 fully saturated rings. The number of sulfone groups is 1. The first kappa shape index (κ1) is 18.9. The molecule has 0 aliphatic carbocycles. The Morgan fingerprint density at radius 1 is 1.00 bits per heavy atom. The van der Waals surface area contributed by atoms with Crippen molar-refractivity contribution in [2.24, 2.45) is 0 Å². The van der Waals surface area contributed by atoms with Crippen LogP contribution >= 0.6 is 0 Å². The summed E-state index contributed by atoms with van der Waals surface area (Å²) in [5.74, 6) is 1.57. The number of aromatic amines is 1. The topological polar surface area (TPSA) is 113 Å². The van der Waals surface area contributed by atoms with E-state index in [2.05, 4.69) is 30.8 Å². The van der Waals surface area contributed by atoms with Crippen molar-refractivity contribution in [3.8, 4) is 0 Å². The average Bonchev–Trinajstić information content (AvgIpc) is 3.04. The summed E-state index contributed by atoms with van der Waals surface area (Å²) < 4.78 is 23.9. The van der Waals surface area contributed by atoms with E-state index in [0.29, 0.717) is 28.8 Å². The Balaban J connectivity index is 1.59. The summed E-state index contributed by atoms with van der Waals surface area (Å²) >= 11 is 0. The predicted molar refractivity (Wildman–Crippen MR) is 114 cm³/mol. The van der Waals surface area contributed by atoms with Gasteiger partial charge < -0.3 is 10.6 Å². The van der Waals surface area contributed by atoms with Crippen LogP contribution in [0.5, 0.6) is 0 Å². The number of hydrogen-bond donors (Lipinski definition) is 3. The van der Waals surface area contributed by atoms with Crippen LogP contribution in [0.4, 0.5) is 23.3 Å². The number of rotatable bonds is 5. The van der Waals surface area contributed by atoms with Gasteiger partial charge in [0, 0.05) is 23.5 Å². The van der Waals surface area contributed by atoms with Gasteiger partial charge in [-0.3, -0.25) is 5.10 Å². The summed E-state index contributed by atoms with van der Waals surface area (Å²) in [7, 11) is -3.32. The van der Waals surface area contributed by atoms with Gasteiger partial charge in [0.25, 0.3) is 0 Å². The molecule has 0 bridgehead atoms. The van der Waals surface area contributed by atoms with Gasteiger partial charge in [-0.05, 0) is 55.3 Å². The smallest absolute Gasteiger partial charge is 0.229 e. The molecule has 0 saturated carbocycles. The number of fused-ring (bicyclic) bond motifs is 1. The van der Waals surface area contributed by atoms with Gasteiger partial charge in [-0.25, -0.2) is 13.4 Å². The molecule has 0 radical (unpaired) electrons. The number of H-pyrrole nitrogens is 1. The van der Waals surface area contributed by atoms with Crippen LogP contribution in [0, 0.1) is 13.8 Å². The molecule has 8 nitrogen and oxygen atoms in total. The first-order valence-corrected chi connectivity index (χ1v) is 10.8. The van der Waals surface area contributed by atoms with Gasteiger partial charge in [0.1, 0.15) is 5.82 Å². The van der Waals surface area contributed by atoms with Crippen LogP contribution in [0.25, 0.3) is 10.9 Å². The number of benzene rings is 2. The minimum atomic E-state index is -3.32. The molecule has 0 aliphatic rings. The minimum absolute atomic E-state index is 0.273. The lowest BCUT2D eigenvalue weighted by atomic mass is 10.2. The molecule has 29 heavy (non-hydrogen) atoms. The second kappa shape index (κ2) is 7.17. The van der Waals surface area contributed by atoms with Gasteiger partial charge in [0.15, 0.2) is 15.7 Å². The number of nitrogens with one attached hydrogen (secondary N) is 3. The standard InChI is InChI=1S/C20H20N6O2S/c1-12-4-7-15-16(10-12)25-26-19(15)23-18-8-9-21-20(24-18)22-14-6-5-13(2)17(11-14)29(3,27)28/h4-11H,1-3H3,(H3,21,22,23,24,25,26). The largest absolute Gasteiger partial charge is 0.324 e. The van der Waals surface area contributed by atoms with Crippen LogP contribution < -0.4 is 10.6 Å². The predicted octanol–water partition coefficient (Wildman–Crippen LogP) is 3.86. The van der Waals surface area contributed by atoms with E-state index in [1.807, 2.05) is 25.1 Å². The maximum Gasteiger partial charge on any atom is 0.229 e. The van der Waals surface area contributed by atoms with E-state index in [4.69, 9.17) is 0 Å². The van der Waals surface area contributed by atoms with Crippen molar-refractivity contribution < 1.29 is 8.42 Å². The number of aryl methyl sites for hydroxylation is 2. The van der Waals surface area contributed by atoms with Crippen LogP contribution in [0.15, 0.2) is 53.6 Å². The van der Waals surface area contributed by atoms with Crippen LogP contribution in [0.3, 0.4) is 0 Å². The quantitative estimate of drug-likeness (QED) is 0.459.